The Morgan fingerprint density at radius 2 is 1.89 bits per heavy atom. The number of imidazole rings is 1. The molecule has 0 saturated carbocycles. The number of carbonyl (C=O) groups is 1. The fraction of sp³-hybridized carbons (Fsp3) is 0.448. The van der Waals surface area contributed by atoms with E-state index in [0.29, 0.717) is 19.7 Å². The Kier molecular flexibility index (Phi) is 5.89. The average Bonchev–Trinajstić information content (AvgIpc) is 3.45. The summed E-state index contributed by atoms with van der Waals surface area (Å²) in [7, 11) is 0. The van der Waals surface area contributed by atoms with Crippen molar-refractivity contribution in [2.24, 2.45) is 0 Å². The Bertz CT molecular complexity index is 1470. The molecule has 3 aromatic heterocycles. The third-order valence-electron chi connectivity index (χ3n) is 7.37. The molecule has 9 heteroatoms. The number of pyridine rings is 1. The largest absolute Gasteiger partial charge is 0.488 e. The highest BCUT2D eigenvalue weighted by Crippen LogP contribution is 2.46. The smallest absolute Gasteiger partial charge is 0.410 e. The Morgan fingerprint density at radius 3 is 2.55 bits per heavy atom. The lowest BCUT2D eigenvalue weighted by atomic mass is 9.95. The number of carbonyl (C=O) groups excluding carboxylic acids is 1. The summed E-state index contributed by atoms with van der Waals surface area (Å²) in [4.78, 5) is 24.3. The summed E-state index contributed by atoms with van der Waals surface area (Å²) < 4.78 is 19.9. The number of nitrogens with zero attached hydrogens (tertiary/aromatic N) is 5. The third-order valence-corrected chi connectivity index (χ3v) is 7.37. The minimum absolute atomic E-state index is 0.104. The maximum absolute atomic E-state index is 12.7. The standard InChI is InChI=1S/C29H33N5O4/c1-17-24(18(2)38-32-17)20-9-10-22-25-26(20)36-16-23(21-8-6-7-13-30-21)34(25)27(31-22)19-11-14-33(15-12-19)28(35)37-29(3,4)5/h6-10,13,19,23H,11-12,14-16H2,1-5H3. The van der Waals surface area contributed by atoms with Crippen LogP contribution in [0.3, 0.4) is 0 Å². The predicted octanol–water partition coefficient (Wildman–Crippen LogP) is 5.80. The number of ether oxygens (including phenoxy) is 2. The van der Waals surface area contributed by atoms with E-state index in [1.54, 1.807) is 4.90 Å². The average molecular weight is 516 g/mol. The predicted molar refractivity (Wildman–Crippen MR) is 142 cm³/mol. The molecule has 2 aliphatic heterocycles. The minimum atomic E-state index is -0.510. The third kappa shape index (κ3) is 4.19. The highest BCUT2D eigenvalue weighted by atomic mass is 16.6. The second-order valence-corrected chi connectivity index (χ2v) is 11.2. The van der Waals surface area contributed by atoms with E-state index in [-0.39, 0.29) is 18.1 Å². The monoisotopic (exact) mass is 515 g/mol. The Hall–Kier alpha value is -3.88. The molecule has 1 fully saturated rings. The molecular weight excluding hydrogens is 482 g/mol. The van der Waals surface area contributed by atoms with Gasteiger partial charge in [0.2, 0.25) is 0 Å². The van der Waals surface area contributed by atoms with Gasteiger partial charge < -0.3 is 23.5 Å². The summed E-state index contributed by atoms with van der Waals surface area (Å²) >= 11 is 0. The molecule has 5 heterocycles. The first-order chi connectivity index (χ1) is 18.2. The highest BCUT2D eigenvalue weighted by Gasteiger charge is 2.36. The molecule has 0 spiro atoms. The summed E-state index contributed by atoms with van der Waals surface area (Å²) in [5, 5.41) is 4.17. The van der Waals surface area contributed by atoms with E-state index in [2.05, 4.69) is 26.8 Å². The summed E-state index contributed by atoms with van der Waals surface area (Å²) in [5.74, 6) is 2.77. The Morgan fingerprint density at radius 1 is 1.11 bits per heavy atom. The number of hydrogen-bond acceptors (Lipinski definition) is 7. The normalized spacial score (nSPS) is 18.0. The molecule has 9 nitrogen and oxygen atoms in total. The van der Waals surface area contributed by atoms with Crippen molar-refractivity contribution in [1.82, 2.24) is 24.6 Å². The van der Waals surface area contributed by atoms with Gasteiger partial charge in [-0.3, -0.25) is 4.98 Å². The molecule has 0 aliphatic carbocycles. The second kappa shape index (κ2) is 9.15. The van der Waals surface area contributed by atoms with Crippen molar-refractivity contribution >= 4 is 17.1 Å². The Balaban J connectivity index is 1.42. The molecule has 38 heavy (non-hydrogen) atoms. The maximum Gasteiger partial charge on any atom is 0.410 e. The molecule has 0 radical (unpaired) electrons. The quantitative estimate of drug-likeness (QED) is 0.340. The molecule has 198 valence electrons. The van der Waals surface area contributed by atoms with Crippen LogP contribution < -0.4 is 4.74 Å². The van der Waals surface area contributed by atoms with E-state index in [1.807, 2.05) is 59.0 Å². The van der Waals surface area contributed by atoms with Crippen LogP contribution in [0.15, 0.2) is 41.1 Å². The molecule has 1 amide bonds. The first-order valence-corrected chi connectivity index (χ1v) is 13.2. The summed E-state index contributed by atoms with van der Waals surface area (Å²) in [5.41, 5.74) is 5.03. The first kappa shape index (κ1) is 24.5. The number of rotatable bonds is 3. The van der Waals surface area contributed by atoms with Crippen LogP contribution in [-0.4, -0.2) is 56.0 Å². The second-order valence-electron chi connectivity index (χ2n) is 11.2. The van der Waals surface area contributed by atoms with Crippen molar-refractivity contribution in [2.75, 3.05) is 19.7 Å². The van der Waals surface area contributed by atoms with Gasteiger partial charge in [-0.2, -0.15) is 0 Å². The van der Waals surface area contributed by atoms with Crippen LogP contribution in [-0.2, 0) is 4.74 Å². The van der Waals surface area contributed by atoms with Crippen LogP contribution in [0.2, 0.25) is 0 Å². The van der Waals surface area contributed by atoms with Gasteiger partial charge in [0, 0.05) is 30.8 Å². The van der Waals surface area contributed by atoms with Crippen LogP contribution in [0, 0.1) is 13.8 Å². The Labute approximate surface area is 221 Å². The first-order valence-electron chi connectivity index (χ1n) is 13.2. The number of hydrogen-bond donors (Lipinski definition) is 0. The highest BCUT2D eigenvalue weighted by molar-refractivity contribution is 5.93. The number of piperidine rings is 1. The molecule has 0 bridgehead atoms. The van der Waals surface area contributed by atoms with Gasteiger partial charge in [-0.15, -0.1) is 0 Å². The van der Waals surface area contributed by atoms with E-state index in [1.165, 1.54) is 0 Å². The van der Waals surface area contributed by atoms with Gasteiger partial charge in [-0.25, -0.2) is 9.78 Å². The lowest BCUT2D eigenvalue weighted by molar-refractivity contribution is 0.0202. The van der Waals surface area contributed by atoms with Gasteiger partial charge in [-0.1, -0.05) is 11.2 Å². The van der Waals surface area contributed by atoms with Gasteiger partial charge in [0.25, 0.3) is 0 Å². The number of benzene rings is 1. The van der Waals surface area contributed by atoms with Crippen LogP contribution in [0.5, 0.6) is 5.75 Å². The van der Waals surface area contributed by atoms with Crippen LogP contribution in [0.1, 0.15) is 68.5 Å². The molecule has 4 aromatic rings. The molecule has 1 atom stereocenters. The number of amides is 1. The van der Waals surface area contributed by atoms with E-state index in [9.17, 15) is 4.79 Å². The van der Waals surface area contributed by atoms with Crippen LogP contribution in [0.25, 0.3) is 22.2 Å². The molecule has 1 aromatic carbocycles. The van der Waals surface area contributed by atoms with E-state index in [0.717, 1.165) is 63.7 Å². The molecular formula is C29H33N5O4. The maximum atomic E-state index is 12.7. The zero-order valence-corrected chi connectivity index (χ0v) is 22.5. The van der Waals surface area contributed by atoms with Crippen molar-refractivity contribution in [3.8, 4) is 16.9 Å². The molecule has 0 N–H and O–H groups in total. The van der Waals surface area contributed by atoms with E-state index < -0.39 is 5.60 Å². The zero-order valence-electron chi connectivity index (χ0n) is 22.5. The van der Waals surface area contributed by atoms with Gasteiger partial charge in [0.1, 0.15) is 35.4 Å². The topological polar surface area (TPSA) is 95.5 Å². The molecule has 1 unspecified atom stereocenters. The van der Waals surface area contributed by atoms with Gasteiger partial charge in [0.15, 0.2) is 5.75 Å². The zero-order chi connectivity index (χ0) is 26.6. The van der Waals surface area contributed by atoms with Crippen molar-refractivity contribution in [1.29, 1.82) is 0 Å². The summed E-state index contributed by atoms with van der Waals surface area (Å²) in [6.45, 7) is 11.3. The number of likely N-dealkylation sites (tertiary alicyclic amines) is 1. The SMILES string of the molecule is Cc1noc(C)c1-c1ccc2nc(C3CCN(C(=O)OC(C)(C)C)CC3)n3c2c1OCC3c1ccccn1. The molecule has 6 rings (SSSR count). The van der Waals surface area contributed by atoms with Gasteiger partial charge >= 0.3 is 6.09 Å². The van der Waals surface area contributed by atoms with Crippen LogP contribution in [0.4, 0.5) is 4.79 Å². The van der Waals surface area contributed by atoms with Crippen molar-refractivity contribution in [2.45, 2.75) is 65.0 Å². The fourth-order valence-electron chi connectivity index (χ4n) is 5.66. The van der Waals surface area contributed by atoms with Crippen LogP contribution >= 0.6 is 0 Å². The van der Waals surface area contributed by atoms with Gasteiger partial charge in [0.05, 0.1) is 22.5 Å². The van der Waals surface area contributed by atoms with Gasteiger partial charge in [-0.05, 0) is 71.7 Å². The summed E-state index contributed by atoms with van der Waals surface area (Å²) in [6, 6.07) is 9.97. The molecule has 2 aliphatic rings. The molecule has 1 saturated heterocycles. The lowest BCUT2D eigenvalue weighted by Gasteiger charge is -2.35. The lowest BCUT2D eigenvalue weighted by Crippen LogP contribution is -2.41. The van der Waals surface area contributed by atoms with Crippen molar-refractivity contribution in [3.05, 3.63) is 59.5 Å². The van der Waals surface area contributed by atoms with E-state index >= 15 is 0 Å². The number of aryl methyl sites for hydroxylation is 2. The fourth-order valence-corrected chi connectivity index (χ4v) is 5.66. The minimum Gasteiger partial charge on any atom is -0.488 e. The van der Waals surface area contributed by atoms with E-state index in [4.69, 9.17) is 19.0 Å². The summed E-state index contributed by atoms with van der Waals surface area (Å²) in [6.07, 6.45) is 3.18. The van der Waals surface area contributed by atoms with Crippen molar-refractivity contribution in [3.63, 3.8) is 0 Å². The van der Waals surface area contributed by atoms with Crippen molar-refractivity contribution < 1.29 is 18.8 Å². The number of aromatic nitrogens is 4.